The molecule has 0 radical (unpaired) electrons. The van der Waals surface area contributed by atoms with Crippen molar-refractivity contribution in [2.45, 2.75) is 143 Å². The second-order valence-corrected chi connectivity index (χ2v) is 8.84. The fraction of sp³-hybridized carbons (Fsp3) is 0.923. The first kappa shape index (κ1) is 26.5. The van der Waals surface area contributed by atoms with Crippen molar-refractivity contribution in [3.05, 3.63) is 0 Å². The van der Waals surface area contributed by atoms with Crippen LogP contribution in [0.2, 0.25) is 0 Å². The van der Waals surface area contributed by atoms with E-state index in [9.17, 15) is 5.11 Å². The maximum Gasteiger partial charge on any atom is 0.0552 e. The molecule has 1 N–H and O–H groups in total. The van der Waals surface area contributed by atoms with Gasteiger partial charge in [0.25, 0.3) is 0 Å². The van der Waals surface area contributed by atoms with Crippen LogP contribution in [0.15, 0.2) is 0 Å². The molecular weight excluding hydrogens is 328 g/mol. The second-order valence-electron chi connectivity index (χ2n) is 8.84. The van der Waals surface area contributed by atoms with Gasteiger partial charge in [-0.2, -0.15) is 0 Å². The molecule has 0 saturated carbocycles. The Kier molecular flexibility index (Phi) is 19.9. The van der Waals surface area contributed by atoms with E-state index < -0.39 is 0 Å². The van der Waals surface area contributed by atoms with Gasteiger partial charge >= 0.3 is 0 Å². The molecule has 0 heterocycles. The normalized spacial score (nSPS) is 13.4. The van der Waals surface area contributed by atoms with Crippen molar-refractivity contribution in [2.24, 2.45) is 11.8 Å². The number of aliphatic hydroxyl groups is 1. The molecule has 0 unspecified atom stereocenters. The summed E-state index contributed by atoms with van der Waals surface area (Å²) in [7, 11) is 0. The zero-order valence-electron chi connectivity index (χ0n) is 19.2. The van der Waals surface area contributed by atoms with Gasteiger partial charge in [-0.15, -0.1) is 5.92 Å². The van der Waals surface area contributed by atoms with E-state index in [1.165, 1.54) is 89.9 Å². The Labute approximate surface area is 172 Å². The van der Waals surface area contributed by atoms with E-state index in [4.69, 9.17) is 0 Å². The maximum atomic E-state index is 10.4. The lowest BCUT2D eigenvalue weighted by molar-refractivity contribution is 0.130. The average molecular weight is 379 g/mol. The molecule has 1 heteroatoms. The highest BCUT2D eigenvalue weighted by Gasteiger charge is 2.15. The highest BCUT2D eigenvalue weighted by atomic mass is 16.3. The van der Waals surface area contributed by atoms with Gasteiger partial charge in [0.15, 0.2) is 0 Å². The fourth-order valence-corrected chi connectivity index (χ4v) is 3.62. The van der Waals surface area contributed by atoms with E-state index in [1.807, 2.05) is 0 Å². The summed E-state index contributed by atoms with van der Waals surface area (Å²) in [5.74, 6) is 7.69. The number of hydrogen-bond donors (Lipinski definition) is 1. The third-order valence-electron chi connectivity index (χ3n) is 5.66. The van der Waals surface area contributed by atoms with Gasteiger partial charge in [0.2, 0.25) is 0 Å². The van der Waals surface area contributed by atoms with Crippen molar-refractivity contribution in [3.63, 3.8) is 0 Å². The Balaban J connectivity index is 3.67. The van der Waals surface area contributed by atoms with Crippen molar-refractivity contribution < 1.29 is 5.11 Å². The number of hydrogen-bond acceptors (Lipinski definition) is 1. The summed E-state index contributed by atoms with van der Waals surface area (Å²) in [6.45, 7) is 8.98. The Morgan fingerprint density at radius 1 is 0.667 bits per heavy atom. The van der Waals surface area contributed by atoms with Crippen LogP contribution in [0, 0.1) is 23.7 Å². The van der Waals surface area contributed by atoms with Crippen LogP contribution in [0.4, 0.5) is 0 Å². The van der Waals surface area contributed by atoms with Gasteiger partial charge in [-0.25, -0.2) is 0 Å². The summed E-state index contributed by atoms with van der Waals surface area (Å²) in [5.41, 5.74) is 0. The summed E-state index contributed by atoms with van der Waals surface area (Å²) in [6.07, 6.45) is 21.4. The summed E-state index contributed by atoms with van der Waals surface area (Å²) in [6, 6.07) is 0. The molecule has 0 spiro atoms. The highest BCUT2D eigenvalue weighted by Crippen LogP contribution is 2.20. The van der Waals surface area contributed by atoms with E-state index >= 15 is 0 Å². The zero-order valence-corrected chi connectivity index (χ0v) is 19.2. The van der Waals surface area contributed by atoms with Crippen LogP contribution in [0.25, 0.3) is 0 Å². The standard InChI is InChI=1S/C26H50O/c1-5-7-9-11-12-13-14-15-16-18-20-22-26(27)23-25(24(3)4)21-19-17-10-8-6-2/h24-27H,5-18,20,22-23H2,1-4H3/t25-,26-/m0/s1. The predicted molar refractivity (Wildman–Crippen MR) is 122 cm³/mol. The second kappa shape index (κ2) is 20.3. The van der Waals surface area contributed by atoms with E-state index in [1.54, 1.807) is 0 Å². The first-order valence-electron chi connectivity index (χ1n) is 12.3. The molecular formula is C26H50O. The van der Waals surface area contributed by atoms with E-state index in [0.717, 1.165) is 19.3 Å². The van der Waals surface area contributed by atoms with Gasteiger partial charge in [-0.05, 0) is 25.2 Å². The molecule has 0 aromatic carbocycles. The van der Waals surface area contributed by atoms with E-state index in [-0.39, 0.29) is 6.10 Å². The molecule has 160 valence electrons. The van der Waals surface area contributed by atoms with Gasteiger partial charge < -0.3 is 5.11 Å². The molecule has 0 aliphatic carbocycles. The summed E-state index contributed by atoms with van der Waals surface area (Å²) in [5, 5.41) is 10.4. The number of unbranched alkanes of at least 4 members (excludes halogenated alkanes) is 13. The minimum absolute atomic E-state index is 0.166. The van der Waals surface area contributed by atoms with Crippen molar-refractivity contribution in [3.8, 4) is 11.8 Å². The van der Waals surface area contributed by atoms with E-state index in [0.29, 0.717) is 11.8 Å². The van der Waals surface area contributed by atoms with Crippen LogP contribution >= 0.6 is 0 Å². The Morgan fingerprint density at radius 2 is 1.15 bits per heavy atom. The predicted octanol–water partition coefficient (Wildman–Crippen LogP) is 8.29. The molecule has 1 nitrogen and oxygen atoms in total. The lowest BCUT2D eigenvalue weighted by Crippen LogP contribution is -2.16. The molecule has 2 atom stereocenters. The Morgan fingerprint density at radius 3 is 1.67 bits per heavy atom. The smallest absolute Gasteiger partial charge is 0.0552 e. The summed E-state index contributed by atoms with van der Waals surface area (Å²) in [4.78, 5) is 0. The molecule has 0 aromatic heterocycles. The maximum absolute atomic E-state index is 10.4. The SMILES string of the molecule is CCCCCC#C[C@@H](C[C@@H](O)CCCCCCCCCCCCC)C(C)C. The topological polar surface area (TPSA) is 20.2 Å². The van der Waals surface area contributed by atoms with Crippen LogP contribution in [0.1, 0.15) is 137 Å². The van der Waals surface area contributed by atoms with Crippen molar-refractivity contribution in [1.29, 1.82) is 0 Å². The lowest BCUT2D eigenvalue weighted by atomic mass is 9.89. The van der Waals surface area contributed by atoms with Gasteiger partial charge in [-0.1, -0.05) is 117 Å². The highest BCUT2D eigenvalue weighted by molar-refractivity contribution is 5.05. The van der Waals surface area contributed by atoms with Gasteiger partial charge in [0.1, 0.15) is 0 Å². The summed E-state index contributed by atoms with van der Waals surface area (Å²) < 4.78 is 0. The van der Waals surface area contributed by atoms with Gasteiger partial charge in [-0.3, -0.25) is 0 Å². The minimum Gasteiger partial charge on any atom is -0.393 e. The van der Waals surface area contributed by atoms with Crippen LogP contribution < -0.4 is 0 Å². The molecule has 0 saturated heterocycles. The first-order valence-corrected chi connectivity index (χ1v) is 12.3. The van der Waals surface area contributed by atoms with E-state index in [2.05, 4.69) is 39.5 Å². The zero-order chi connectivity index (χ0) is 20.2. The largest absolute Gasteiger partial charge is 0.393 e. The third kappa shape index (κ3) is 18.6. The molecule has 0 aromatic rings. The molecule has 0 rings (SSSR count). The average Bonchev–Trinajstić information content (AvgIpc) is 2.64. The molecule has 0 aliphatic heterocycles. The molecule has 0 aliphatic rings. The monoisotopic (exact) mass is 378 g/mol. The fourth-order valence-electron chi connectivity index (χ4n) is 3.62. The number of aliphatic hydroxyl groups excluding tert-OH is 1. The first-order chi connectivity index (χ1) is 13.1. The molecule has 0 bridgehead atoms. The Bertz CT molecular complexity index is 349. The minimum atomic E-state index is -0.166. The molecule has 0 fully saturated rings. The number of rotatable bonds is 18. The van der Waals surface area contributed by atoms with Crippen LogP contribution in [0.5, 0.6) is 0 Å². The quantitative estimate of drug-likeness (QED) is 0.188. The third-order valence-corrected chi connectivity index (χ3v) is 5.66. The van der Waals surface area contributed by atoms with Crippen LogP contribution in [-0.4, -0.2) is 11.2 Å². The van der Waals surface area contributed by atoms with Crippen LogP contribution in [0.3, 0.4) is 0 Å². The van der Waals surface area contributed by atoms with Gasteiger partial charge in [0.05, 0.1) is 6.10 Å². The van der Waals surface area contributed by atoms with Gasteiger partial charge in [0, 0.05) is 12.3 Å². The van der Waals surface area contributed by atoms with Crippen molar-refractivity contribution in [2.75, 3.05) is 0 Å². The summed E-state index contributed by atoms with van der Waals surface area (Å²) >= 11 is 0. The molecule has 0 amide bonds. The van der Waals surface area contributed by atoms with Crippen molar-refractivity contribution in [1.82, 2.24) is 0 Å². The van der Waals surface area contributed by atoms with Crippen molar-refractivity contribution >= 4 is 0 Å². The Hall–Kier alpha value is -0.480. The van der Waals surface area contributed by atoms with Crippen LogP contribution in [-0.2, 0) is 0 Å². The lowest BCUT2D eigenvalue weighted by Gasteiger charge is -2.19. The molecule has 27 heavy (non-hydrogen) atoms.